The summed E-state index contributed by atoms with van der Waals surface area (Å²) in [6, 6.07) is 3.28. The Morgan fingerprint density at radius 2 is 2.10 bits per heavy atom. The van der Waals surface area contributed by atoms with E-state index in [9.17, 15) is 18.4 Å². The average molecular weight is 315 g/mol. The molecule has 116 valence electrons. The van der Waals surface area contributed by atoms with Crippen molar-refractivity contribution in [2.75, 3.05) is 0 Å². The molecule has 1 saturated carbocycles. The number of Topliss-reactive ketones (excluding diaryl/α,β-unsaturated/α-hetero) is 1. The first kappa shape index (κ1) is 16.1. The van der Waals surface area contributed by atoms with E-state index in [1.54, 1.807) is 13.0 Å². The molecule has 6 heteroatoms. The molecule has 1 unspecified atom stereocenters. The van der Waals surface area contributed by atoms with Gasteiger partial charge in [-0.15, -0.1) is 11.3 Å². The van der Waals surface area contributed by atoms with Crippen LogP contribution in [0.2, 0.25) is 0 Å². The van der Waals surface area contributed by atoms with Gasteiger partial charge in [-0.25, -0.2) is 8.78 Å². The largest absolute Gasteiger partial charge is 0.353 e. The number of hydrogen-bond acceptors (Lipinski definition) is 3. The van der Waals surface area contributed by atoms with E-state index in [0.29, 0.717) is 4.88 Å². The van der Waals surface area contributed by atoms with Gasteiger partial charge in [0, 0.05) is 31.2 Å². The Hall–Kier alpha value is -1.30. The summed E-state index contributed by atoms with van der Waals surface area (Å²) in [4.78, 5) is 24.6. The quantitative estimate of drug-likeness (QED) is 0.843. The fourth-order valence-electron chi connectivity index (χ4n) is 2.53. The maximum absolute atomic E-state index is 13.1. The maximum Gasteiger partial charge on any atom is 0.248 e. The lowest BCUT2D eigenvalue weighted by Crippen LogP contribution is -2.40. The fourth-order valence-corrected chi connectivity index (χ4v) is 3.21. The Kier molecular flexibility index (Phi) is 5.08. The molecule has 0 aromatic carbocycles. The second-order valence-electron chi connectivity index (χ2n) is 5.64. The van der Waals surface area contributed by atoms with Gasteiger partial charge in [0.15, 0.2) is 5.78 Å². The number of thiophene rings is 1. The summed E-state index contributed by atoms with van der Waals surface area (Å²) >= 11 is 1.37. The first-order valence-corrected chi connectivity index (χ1v) is 8.00. The van der Waals surface area contributed by atoms with Crippen LogP contribution >= 0.6 is 11.3 Å². The van der Waals surface area contributed by atoms with Gasteiger partial charge in [-0.3, -0.25) is 9.59 Å². The zero-order chi connectivity index (χ0) is 15.5. The van der Waals surface area contributed by atoms with Crippen molar-refractivity contribution in [1.82, 2.24) is 5.32 Å². The molecule has 0 saturated heterocycles. The molecule has 0 bridgehead atoms. The van der Waals surface area contributed by atoms with Crippen LogP contribution in [0.4, 0.5) is 8.78 Å². The molecule has 1 aliphatic rings. The number of rotatable bonds is 5. The Morgan fingerprint density at radius 1 is 1.43 bits per heavy atom. The van der Waals surface area contributed by atoms with Gasteiger partial charge in [-0.05, 0) is 31.2 Å². The molecule has 1 amide bonds. The third kappa shape index (κ3) is 4.59. The summed E-state index contributed by atoms with van der Waals surface area (Å²) in [6.07, 6.45) is 0.200. The molecule has 0 radical (unpaired) electrons. The highest BCUT2D eigenvalue weighted by molar-refractivity contribution is 7.12. The molecule has 0 spiro atoms. The van der Waals surface area contributed by atoms with Crippen molar-refractivity contribution in [2.45, 2.75) is 51.0 Å². The smallest absolute Gasteiger partial charge is 0.248 e. The van der Waals surface area contributed by atoms with Crippen molar-refractivity contribution >= 4 is 23.0 Å². The van der Waals surface area contributed by atoms with Crippen LogP contribution in [0.25, 0.3) is 0 Å². The Labute approximate surface area is 126 Å². The second-order valence-corrected chi connectivity index (χ2v) is 6.59. The van der Waals surface area contributed by atoms with E-state index < -0.39 is 5.92 Å². The van der Waals surface area contributed by atoms with Gasteiger partial charge in [-0.2, -0.15) is 0 Å². The van der Waals surface area contributed by atoms with Crippen LogP contribution < -0.4 is 5.32 Å². The van der Waals surface area contributed by atoms with Crippen LogP contribution in [0.15, 0.2) is 17.5 Å². The van der Waals surface area contributed by atoms with Crippen molar-refractivity contribution in [3.8, 4) is 0 Å². The van der Waals surface area contributed by atoms with Crippen molar-refractivity contribution in [3.63, 3.8) is 0 Å². The molecule has 1 aliphatic carbocycles. The van der Waals surface area contributed by atoms with E-state index in [1.807, 2.05) is 11.4 Å². The number of alkyl halides is 2. The van der Waals surface area contributed by atoms with Gasteiger partial charge in [0.25, 0.3) is 0 Å². The first-order chi connectivity index (χ1) is 9.87. The van der Waals surface area contributed by atoms with Gasteiger partial charge in [-0.1, -0.05) is 6.07 Å². The summed E-state index contributed by atoms with van der Waals surface area (Å²) in [5, 5.41) is 4.60. The molecule has 1 aromatic rings. The van der Waals surface area contributed by atoms with E-state index in [0.717, 1.165) is 0 Å². The lowest BCUT2D eigenvalue weighted by atomic mass is 9.86. The molecule has 1 heterocycles. The number of halogens is 2. The lowest BCUT2D eigenvalue weighted by molar-refractivity contribution is -0.129. The third-order valence-electron chi connectivity index (χ3n) is 3.76. The molecular formula is C15H19F2NO2S. The fraction of sp³-hybridized carbons (Fsp3) is 0.600. The van der Waals surface area contributed by atoms with Crippen LogP contribution in [0.5, 0.6) is 0 Å². The van der Waals surface area contributed by atoms with Crippen LogP contribution in [-0.2, 0) is 4.79 Å². The summed E-state index contributed by atoms with van der Waals surface area (Å²) in [7, 11) is 0. The first-order valence-electron chi connectivity index (χ1n) is 7.12. The Bertz CT molecular complexity index is 492. The molecule has 2 rings (SSSR count). The molecule has 0 aliphatic heterocycles. The minimum absolute atomic E-state index is 0.00650. The van der Waals surface area contributed by atoms with Gasteiger partial charge in [0.2, 0.25) is 11.8 Å². The summed E-state index contributed by atoms with van der Waals surface area (Å²) in [5.41, 5.74) is 0. The zero-order valence-corrected chi connectivity index (χ0v) is 12.7. The Balaban J connectivity index is 1.79. The van der Waals surface area contributed by atoms with Gasteiger partial charge in [0.05, 0.1) is 4.88 Å². The summed E-state index contributed by atoms with van der Waals surface area (Å²) < 4.78 is 26.1. The lowest BCUT2D eigenvalue weighted by Gasteiger charge is -2.28. The molecule has 3 nitrogen and oxygen atoms in total. The monoisotopic (exact) mass is 315 g/mol. The number of nitrogens with one attached hydrogen (secondary N) is 1. The zero-order valence-electron chi connectivity index (χ0n) is 11.9. The predicted molar refractivity (Wildman–Crippen MR) is 77.8 cm³/mol. The molecule has 1 N–H and O–H groups in total. The number of hydrogen-bond donors (Lipinski definition) is 1. The van der Waals surface area contributed by atoms with Crippen LogP contribution in [-0.4, -0.2) is 23.7 Å². The summed E-state index contributed by atoms with van der Waals surface area (Å²) in [6.45, 7) is 1.76. The van der Waals surface area contributed by atoms with E-state index in [4.69, 9.17) is 0 Å². The van der Waals surface area contributed by atoms with Crippen LogP contribution in [0.1, 0.15) is 48.7 Å². The van der Waals surface area contributed by atoms with E-state index >= 15 is 0 Å². The number of amides is 1. The number of ketones is 1. The molecular weight excluding hydrogens is 296 g/mol. The molecule has 1 fully saturated rings. The topological polar surface area (TPSA) is 46.2 Å². The number of carbonyl (C=O) groups excluding carboxylic acids is 2. The van der Waals surface area contributed by atoms with Crippen LogP contribution in [0.3, 0.4) is 0 Å². The Morgan fingerprint density at radius 3 is 2.67 bits per heavy atom. The normalized spacial score (nSPS) is 20.0. The molecule has 1 atom stereocenters. The summed E-state index contributed by atoms with van der Waals surface area (Å²) in [5.74, 6) is -3.20. The van der Waals surface area contributed by atoms with Crippen molar-refractivity contribution in [1.29, 1.82) is 0 Å². The van der Waals surface area contributed by atoms with Gasteiger partial charge < -0.3 is 5.32 Å². The van der Waals surface area contributed by atoms with Crippen molar-refractivity contribution in [3.05, 3.63) is 22.4 Å². The highest BCUT2D eigenvalue weighted by Gasteiger charge is 2.37. The minimum atomic E-state index is -2.63. The average Bonchev–Trinajstić information content (AvgIpc) is 2.92. The van der Waals surface area contributed by atoms with Crippen LogP contribution in [0, 0.1) is 5.92 Å². The van der Waals surface area contributed by atoms with Gasteiger partial charge in [0.1, 0.15) is 0 Å². The SMILES string of the molecule is CC(CC(=O)c1cccs1)NC(=O)C1CCC(F)(F)CC1. The maximum atomic E-state index is 13.1. The second kappa shape index (κ2) is 6.64. The predicted octanol–water partition coefficient (Wildman–Crippen LogP) is 3.65. The highest BCUT2D eigenvalue weighted by atomic mass is 32.1. The molecule has 1 aromatic heterocycles. The molecule has 21 heavy (non-hydrogen) atoms. The highest BCUT2D eigenvalue weighted by Crippen LogP contribution is 2.36. The van der Waals surface area contributed by atoms with Crippen molar-refractivity contribution < 1.29 is 18.4 Å². The van der Waals surface area contributed by atoms with E-state index in [1.165, 1.54) is 11.3 Å². The van der Waals surface area contributed by atoms with Crippen molar-refractivity contribution in [2.24, 2.45) is 5.92 Å². The minimum Gasteiger partial charge on any atom is -0.353 e. The standard InChI is InChI=1S/C15H19F2NO2S/c1-10(9-12(19)13-3-2-8-21-13)18-14(20)11-4-6-15(16,17)7-5-11/h2-3,8,10-11H,4-7,9H2,1H3,(H,18,20). The van der Waals surface area contributed by atoms with Gasteiger partial charge >= 0.3 is 0 Å². The van der Waals surface area contributed by atoms with E-state index in [-0.39, 0.29) is 55.8 Å². The third-order valence-corrected chi connectivity index (χ3v) is 4.68. The number of carbonyl (C=O) groups is 2. The van der Waals surface area contributed by atoms with E-state index in [2.05, 4.69) is 5.32 Å².